The number of carbonyl (C=O) groups is 2. The van der Waals surface area contributed by atoms with Crippen molar-refractivity contribution in [3.63, 3.8) is 0 Å². The van der Waals surface area contributed by atoms with E-state index in [0.717, 1.165) is 6.92 Å². The Labute approximate surface area is 132 Å². The molecule has 0 saturated carbocycles. The van der Waals surface area contributed by atoms with Crippen molar-refractivity contribution in [2.24, 2.45) is 0 Å². The van der Waals surface area contributed by atoms with Gasteiger partial charge in [0.2, 0.25) is 0 Å². The van der Waals surface area contributed by atoms with Crippen molar-refractivity contribution in [1.29, 1.82) is 0 Å². The summed E-state index contributed by atoms with van der Waals surface area (Å²) in [5, 5.41) is 1.90. The molecule has 5 nitrogen and oxygen atoms in total. The van der Waals surface area contributed by atoms with E-state index in [1.807, 2.05) is 5.32 Å². The molecule has 23 heavy (non-hydrogen) atoms. The summed E-state index contributed by atoms with van der Waals surface area (Å²) in [6, 6.07) is -0.973. The number of nitrogens with one attached hydrogen (secondary N) is 1. The number of rotatable bonds is 5. The summed E-state index contributed by atoms with van der Waals surface area (Å²) < 4.78 is 48.1. The molecular weight excluding hydrogens is 315 g/mol. The lowest BCUT2D eigenvalue weighted by atomic mass is 9.94. The number of allylic oxidation sites excluding steroid dienone is 2. The average molecular weight is 335 g/mol. The van der Waals surface area contributed by atoms with Crippen LogP contribution in [-0.4, -0.2) is 42.4 Å². The third kappa shape index (κ3) is 6.05. The maximum atomic E-state index is 12.5. The van der Waals surface area contributed by atoms with Crippen LogP contribution >= 0.6 is 0 Å². The number of halogens is 3. The summed E-state index contributed by atoms with van der Waals surface area (Å²) in [6.45, 7) is 6.25. The number of esters is 1. The zero-order chi connectivity index (χ0) is 17.6. The fraction of sp³-hybridized carbons (Fsp3) is 0.600. The van der Waals surface area contributed by atoms with E-state index in [1.54, 1.807) is 25.2 Å². The average Bonchev–Trinajstić information content (AvgIpc) is 2.41. The Bertz CT molecular complexity index is 476. The SMILES string of the molecule is C=C/C=C/C[C@H]1C[C@H](NC(=O)C(F)(F)F)[C@H](OC(C)=O)[C@H](C)O1. The number of alkyl halides is 3. The molecule has 0 bridgehead atoms. The first-order valence-electron chi connectivity index (χ1n) is 7.13. The van der Waals surface area contributed by atoms with Crippen LogP contribution in [0.3, 0.4) is 0 Å². The molecule has 1 rings (SSSR count). The Hall–Kier alpha value is -1.83. The molecule has 1 amide bonds. The Morgan fingerprint density at radius 3 is 2.61 bits per heavy atom. The van der Waals surface area contributed by atoms with E-state index >= 15 is 0 Å². The van der Waals surface area contributed by atoms with Gasteiger partial charge in [-0.25, -0.2) is 0 Å². The first-order chi connectivity index (χ1) is 10.6. The lowest BCUT2D eigenvalue weighted by molar-refractivity contribution is -0.185. The molecule has 0 aromatic heterocycles. The van der Waals surface area contributed by atoms with Crippen LogP contribution < -0.4 is 5.32 Å². The largest absolute Gasteiger partial charge is 0.471 e. The zero-order valence-electron chi connectivity index (χ0n) is 12.9. The van der Waals surface area contributed by atoms with Gasteiger partial charge in [-0.3, -0.25) is 9.59 Å². The van der Waals surface area contributed by atoms with E-state index in [0.29, 0.717) is 6.42 Å². The van der Waals surface area contributed by atoms with E-state index < -0.39 is 42.4 Å². The molecule has 1 aliphatic rings. The van der Waals surface area contributed by atoms with E-state index in [1.165, 1.54) is 0 Å². The lowest BCUT2D eigenvalue weighted by Gasteiger charge is -2.40. The van der Waals surface area contributed by atoms with E-state index in [9.17, 15) is 22.8 Å². The second-order valence-electron chi connectivity index (χ2n) is 5.25. The van der Waals surface area contributed by atoms with Gasteiger partial charge in [-0.2, -0.15) is 13.2 Å². The Morgan fingerprint density at radius 1 is 1.43 bits per heavy atom. The van der Waals surface area contributed by atoms with Crippen LogP contribution in [-0.2, 0) is 19.1 Å². The molecule has 0 aromatic rings. The van der Waals surface area contributed by atoms with Gasteiger partial charge in [0.05, 0.1) is 18.2 Å². The second kappa shape index (κ2) is 8.14. The van der Waals surface area contributed by atoms with Gasteiger partial charge < -0.3 is 14.8 Å². The van der Waals surface area contributed by atoms with Crippen LogP contribution in [0.4, 0.5) is 13.2 Å². The van der Waals surface area contributed by atoms with Crippen molar-refractivity contribution < 1.29 is 32.2 Å². The van der Waals surface area contributed by atoms with Crippen LogP contribution in [0, 0.1) is 0 Å². The minimum absolute atomic E-state index is 0.103. The smallest absolute Gasteiger partial charge is 0.458 e. The van der Waals surface area contributed by atoms with Gasteiger partial charge in [0.15, 0.2) is 0 Å². The molecule has 4 atom stereocenters. The first kappa shape index (κ1) is 19.2. The molecule has 130 valence electrons. The number of ether oxygens (including phenoxy) is 2. The van der Waals surface area contributed by atoms with Gasteiger partial charge in [0.25, 0.3) is 0 Å². The summed E-state index contributed by atoms with van der Waals surface area (Å²) in [6.07, 6.45) is -1.45. The maximum absolute atomic E-state index is 12.5. The molecule has 8 heteroatoms. The highest BCUT2D eigenvalue weighted by Crippen LogP contribution is 2.26. The number of carbonyl (C=O) groups excluding carboxylic acids is 2. The second-order valence-corrected chi connectivity index (χ2v) is 5.25. The van der Waals surface area contributed by atoms with E-state index in [2.05, 4.69) is 6.58 Å². The van der Waals surface area contributed by atoms with Crippen LogP contribution in [0.1, 0.15) is 26.7 Å². The Kier molecular flexibility index (Phi) is 6.80. The Morgan fingerprint density at radius 2 is 2.09 bits per heavy atom. The highest BCUT2D eigenvalue weighted by Gasteiger charge is 2.45. The van der Waals surface area contributed by atoms with Gasteiger partial charge in [0.1, 0.15) is 6.10 Å². The first-order valence-corrected chi connectivity index (χ1v) is 7.13. The molecule has 0 unspecified atom stereocenters. The number of hydrogen-bond donors (Lipinski definition) is 1. The fourth-order valence-electron chi connectivity index (χ4n) is 2.42. The molecule has 1 heterocycles. The number of amides is 1. The molecule has 1 N–H and O–H groups in total. The summed E-state index contributed by atoms with van der Waals surface area (Å²) in [4.78, 5) is 22.3. The van der Waals surface area contributed by atoms with Crippen LogP contribution in [0.25, 0.3) is 0 Å². The predicted molar refractivity (Wildman–Crippen MR) is 76.4 cm³/mol. The normalized spacial score (nSPS) is 28.4. The molecule has 1 fully saturated rings. The van der Waals surface area contributed by atoms with Crippen LogP contribution in [0.2, 0.25) is 0 Å². The Balaban J connectivity index is 2.85. The van der Waals surface area contributed by atoms with Crippen molar-refractivity contribution in [3.05, 3.63) is 24.8 Å². The number of hydrogen-bond acceptors (Lipinski definition) is 4. The summed E-state index contributed by atoms with van der Waals surface area (Å²) >= 11 is 0. The van der Waals surface area contributed by atoms with Crippen molar-refractivity contribution in [2.45, 2.75) is 57.2 Å². The zero-order valence-corrected chi connectivity index (χ0v) is 12.9. The van der Waals surface area contributed by atoms with Gasteiger partial charge in [0, 0.05) is 6.92 Å². The third-order valence-electron chi connectivity index (χ3n) is 3.33. The highest BCUT2D eigenvalue weighted by molar-refractivity contribution is 5.82. The van der Waals surface area contributed by atoms with Crippen molar-refractivity contribution in [3.8, 4) is 0 Å². The predicted octanol–water partition coefficient (Wildman–Crippen LogP) is 2.27. The maximum Gasteiger partial charge on any atom is 0.471 e. The van der Waals surface area contributed by atoms with E-state index in [4.69, 9.17) is 9.47 Å². The van der Waals surface area contributed by atoms with Gasteiger partial charge in [-0.05, 0) is 19.8 Å². The molecular formula is C15H20F3NO4. The fourth-order valence-corrected chi connectivity index (χ4v) is 2.42. The quantitative estimate of drug-likeness (QED) is 0.618. The summed E-state index contributed by atoms with van der Waals surface area (Å²) in [5.41, 5.74) is 0. The standard InChI is InChI=1S/C15H20F3NO4/c1-4-5-6-7-11-8-12(19-14(21)15(16,17)18)13(9(2)22-11)23-10(3)20/h4-6,9,11-13H,1,7-8H2,2-3H3,(H,19,21)/b6-5+/t9-,11-,12-,13+/m0/s1. The van der Waals surface area contributed by atoms with Gasteiger partial charge in [-0.15, -0.1) is 0 Å². The van der Waals surface area contributed by atoms with Crippen molar-refractivity contribution >= 4 is 11.9 Å². The topological polar surface area (TPSA) is 64.6 Å². The molecule has 1 saturated heterocycles. The van der Waals surface area contributed by atoms with Gasteiger partial charge >= 0.3 is 18.1 Å². The molecule has 1 aliphatic heterocycles. The van der Waals surface area contributed by atoms with Crippen molar-refractivity contribution in [2.75, 3.05) is 0 Å². The van der Waals surface area contributed by atoms with E-state index in [-0.39, 0.29) is 6.42 Å². The third-order valence-corrected chi connectivity index (χ3v) is 3.33. The van der Waals surface area contributed by atoms with Crippen molar-refractivity contribution in [1.82, 2.24) is 5.32 Å². The molecule has 0 spiro atoms. The lowest BCUT2D eigenvalue weighted by Crippen LogP contribution is -2.58. The molecule has 0 radical (unpaired) electrons. The van der Waals surface area contributed by atoms with Crippen LogP contribution in [0.5, 0.6) is 0 Å². The summed E-state index contributed by atoms with van der Waals surface area (Å²) in [5.74, 6) is -2.71. The monoisotopic (exact) mass is 335 g/mol. The molecule has 0 aromatic carbocycles. The highest BCUT2D eigenvalue weighted by atomic mass is 19.4. The van der Waals surface area contributed by atoms with Gasteiger partial charge in [-0.1, -0.05) is 24.8 Å². The van der Waals surface area contributed by atoms with Crippen LogP contribution in [0.15, 0.2) is 24.8 Å². The minimum atomic E-state index is -5.00. The molecule has 0 aliphatic carbocycles. The minimum Gasteiger partial charge on any atom is -0.458 e. The summed E-state index contributed by atoms with van der Waals surface area (Å²) in [7, 11) is 0.